The molecule has 2 aromatic rings. The van der Waals surface area contributed by atoms with Crippen LogP contribution in [0.5, 0.6) is 0 Å². The van der Waals surface area contributed by atoms with E-state index in [2.05, 4.69) is 35.7 Å². The molecule has 2 heterocycles. The fourth-order valence-corrected chi connectivity index (χ4v) is 1.99. The second kappa shape index (κ2) is 12.6. The van der Waals surface area contributed by atoms with Gasteiger partial charge < -0.3 is 21.3 Å². The molecular formula is C16H25N9O4. The van der Waals surface area contributed by atoms with Gasteiger partial charge in [-0.2, -0.15) is 15.0 Å². The number of unbranched alkanes of at least 4 members (excludes halogenated alkanes) is 1. The molecule has 2 aromatic heterocycles. The molecule has 0 atom stereocenters. The number of hydrogen-bond donors (Lipinski definition) is 5. The van der Waals surface area contributed by atoms with E-state index in [1.807, 2.05) is 13.8 Å². The van der Waals surface area contributed by atoms with E-state index in [1.165, 1.54) is 0 Å². The fraction of sp³-hybridized carbons (Fsp3) is 0.438. The van der Waals surface area contributed by atoms with Crippen molar-refractivity contribution in [3.8, 4) is 0 Å². The summed E-state index contributed by atoms with van der Waals surface area (Å²) in [4.78, 5) is 29.1. The number of aliphatic imine (C=N–C) groups is 1. The molecule has 0 spiro atoms. The average Bonchev–Trinajstić information content (AvgIpc) is 3.26. The summed E-state index contributed by atoms with van der Waals surface area (Å²) in [5.74, 6) is 0.147. The lowest BCUT2D eigenvalue weighted by atomic mass is 10.2. The van der Waals surface area contributed by atoms with Gasteiger partial charge in [-0.1, -0.05) is 0 Å². The van der Waals surface area contributed by atoms with Crippen LogP contribution >= 0.6 is 0 Å². The third-order valence-electron chi connectivity index (χ3n) is 3.15. The number of guanidine groups is 1. The Labute approximate surface area is 166 Å². The van der Waals surface area contributed by atoms with Crippen molar-refractivity contribution < 1.29 is 19.8 Å². The highest BCUT2D eigenvalue weighted by Crippen LogP contribution is 2.03. The van der Waals surface area contributed by atoms with Crippen LogP contribution in [0.4, 0.5) is 5.82 Å². The van der Waals surface area contributed by atoms with Crippen LogP contribution in [0.15, 0.2) is 23.3 Å². The molecule has 158 valence electrons. The number of aromatic amines is 1. The van der Waals surface area contributed by atoms with Gasteiger partial charge in [-0.05, 0) is 26.7 Å². The maximum atomic E-state index is 9.55. The zero-order chi connectivity index (χ0) is 21.6. The minimum absolute atomic E-state index is 0.352. The first-order valence-electron chi connectivity index (χ1n) is 8.79. The quantitative estimate of drug-likeness (QED) is 0.165. The molecule has 0 fully saturated rings. The van der Waals surface area contributed by atoms with Gasteiger partial charge in [-0.3, -0.25) is 10.1 Å². The Morgan fingerprint density at radius 2 is 2.00 bits per heavy atom. The fourth-order valence-electron chi connectivity index (χ4n) is 1.99. The minimum Gasteiger partial charge on any atom is -0.478 e. The van der Waals surface area contributed by atoms with Gasteiger partial charge in [0.2, 0.25) is 0 Å². The molecule has 0 aromatic carbocycles. The number of carbonyl (C=O) groups is 2. The number of aryl methyl sites for hydroxylation is 3. The zero-order valence-corrected chi connectivity index (χ0v) is 16.2. The summed E-state index contributed by atoms with van der Waals surface area (Å²) in [6.07, 6.45) is 5.59. The molecule has 0 aliphatic rings. The molecule has 0 amide bonds. The summed E-state index contributed by atoms with van der Waals surface area (Å²) in [7, 11) is 0. The van der Waals surface area contributed by atoms with E-state index in [9.17, 15) is 9.59 Å². The molecule has 13 heteroatoms. The Hall–Kier alpha value is -3.77. The largest absolute Gasteiger partial charge is 0.478 e. The van der Waals surface area contributed by atoms with Gasteiger partial charge in [0, 0.05) is 25.1 Å². The van der Waals surface area contributed by atoms with E-state index >= 15 is 0 Å². The molecular weight excluding hydrogens is 382 g/mol. The number of hydrogen-bond acceptors (Lipinski definition) is 7. The number of nitrogens with two attached hydrogens (primary N) is 1. The number of aliphatic carboxylic acids is 2. The average molecular weight is 407 g/mol. The Morgan fingerprint density at radius 1 is 1.31 bits per heavy atom. The van der Waals surface area contributed by atoms with Crippen molar-refractivity contribution in [2.45, 2.75) is 39.7 Å². The van der Waals surface area contributed by atoms with Crippen LogP contribution in [0.3, 0.4) is 0 Å². The third-order valence-corrected chi connectivity index (χ3v) is 3.15. The summed E-state index contributed by atoms with van der Waals surface area (Å²) in [6.45, 7) is 5.17. The van der Waals surface area contributed by atoms with Crippen LogP contribution in [0.1, 0.15) is 31.4 Å². The van der Waals surface area contributed by atoms with E-state index in [0.717, 1.165) is 37.5 Å². The minimum atomic E-state index is -1.26. The molecule has 6 N–H and O–H groups in total. The van der Waals surface area contributed by atoms with Gasteiger partial charge in [0.25, 0.3) is 0 Å². The molecule has 0 saturated carbocycles. The van der Waals surface area contributed by atoms with Gasteiger partial charge in [-0.15, -0.1) is 5.10 Å². The molecule has 2 rings (SSSR count). The normalized spacial score (nSPS) is 11.2. The van der Waals surface area contributed by atoms with Crippen molar-refractivity contribution in [2.24, 2.45) is 10.7 Å². The second-order valence-electron chi connectivity index (χ2n) is 5.61. The standard InChI is InChI=1S/C12H21N9.C4H4O4/c1-3-14-12(13)17-11-8-15-21(20-11)7-5-4-6-10-16-9(2)18-19-10;5-3(6)1-2-4(7)8/h8H,3-7H2,1-2H3,(H,16,18,19)(H3,13,14,17,20);1-2H,(H,5,6)(H,7,8)/b;2-1-. The highest BCUT2D eigenvalue weighted by atomic mass is 16.4. The number of carboxylic acids is 2. The zero-order valence-electron chi connectivity index (χ0n) is 16.2. The number of nitrogens with zero attached hydrogens (tertiary/aromatic N) is 6. The Balaban J connectivity index is 0.000000447. The van der Waals surface area contributed by atoms with Gasteiger partial charge in [-0.25, -0.2) is 14.6 Å². The van der Waals surface area contributed by atoms with Gasteiger partial charge in [0.15, 0.2) is 11.8 Å². The SMILES string of the molecule is CC/N=C(/N)Nc1cnn(CCCCc2nc(C)n[nH]2)n1.O=C(O)/C=C\C(=O)O. The van der Waals surface area contributed by atoms with Crippen LogP contribution in [-0.4, -0.2) is 64.8 Å². The molecule has 0 bridgehead atoms. The molecule has 13 nitrogen and oxygen atoms in total. The van der Waals surface area contributed by atoms with Crippen LogP contribution < -0.4 is 11.1 Å². The van der Waals surface area contributed by atoms with Crippen LogP contribution in [0.25, 0.3) is 0 Å². The molecule has 0 saturated heterocycles. The maximum Gasteiger partial charge on any atom is 0.328 e. The van der Waals surface area contributed by atoms with Crippen molar-refractivity contribution in [3.05, 3.63) is 30.0 Å². The summed E-state index contributed by atoms with van der Waals surface area (Å²) >= 11 is 0. The first-order valence-corrected chi connectivity index (χ1v) is 8.79. The lowest BCUT2D eigenvalue weighted by molar-refractivity contribution is -0.134. The molecule has 0 aliphatic carbocycles. The van der Waals surface area contributed by atoms with E-state index in [0.29, 0.717) is 30.5 Å². The molecule has 29 heavy (non-hydrogen) atoms. The predicted molar refractivity (Wildman–Crippen MR) is 104 cm³/mol. The summed E-state index contributed by atoms with van der Waals surface area (Å²) in [6, 6.07) is 0. The Kier molecular flexibility index (Phi) is 10.1. The third kappa shape index (κ3) is 10.8. The van der Waals surface area contributed by atoms with Crippen LogP contribution in [0, 0.1) is 6.92 Å². The highest BCUT2D eigenvalue weighted by molar-refractivity contribution is 5.91. The number of anilines is 1. The monoisotopic (exact) mass is 407 g/mol. The highest BCUT2D eigenvalue weighted by Gasteiger charge is 2.03. The lowest BCUT2D eigenvalue weighted by Gasteiger charge is -2.00. The van der Waals surface area contributed by atoms with E-state index in [1.54, 1.807) is 11.0 Å². The topological polar surface area (TPSA) is 197 Å². The van der Waals surface area contributed by atoms with Crippen molar-refractivity contribution in [3.63, 3.8) is 0 Å². The summed E-state index contributed by atoms with van der Waals surface area (Å²) in [5.41, 5.74) is 5.66. The van der Waals surface area contributed by atoms with Gasteiger partial charge in [0.05, 0.1) is 12.7 Å². The first-order chi connectivity index (χ1) is 13.8. The first kappa shape index (κ1) is 23.3. The molecule has 0 aliphatic heterocycles. The van der Waals surface area contributed by atoms with Crippen molar-refractivity contribution in [1.29, 1.82) is 0 Å². The van der Waals surface area contributed by atoms with E-state index < -0.39 is 11.9 Å². The molecule has 0 radical (unpaired) electrons. The van der Waals surface area contributed by atoms with E-state index in [-0.39, 0.29) is 0 Å². The molecule has 0 unspecified atom stereocenters. The summed E-state index contributed by atoms with van der Waals surface area (Å²) in [5, 5.41) is 33.9. The van der Waals surface area contributed by atoms with Gasteiger partial charge >= 0.3 is 11.9 Å². The van der Waals surface area contributed by atoms with Gasteiger partial charge in [0.1, 0.15) is 11.6 Å². The second-order valence-corrected chi connectivity index (χ2v) is 5.61. The number of aromatic nitrogens is 6. The number of nitrogens with one attached hydrogen (secondary N) is 2. The van der Waals surface area contributed by atoms with Crippen LogP contribution in [-0.2, 0) is 22.6 Å². The Morgan fingerprint density at radius 3 is 2.55 bits per heavy atom. The van der Waals surface area contributed by atoms with Crippen molar-refractivity contribution in [2.75, 3.05) is 11.9 Å². The maximum absolute atomic E-state index is 9.55. The predicted octanol–water partition coefficient (Wildman–Crippen LogP) is 0.186. The smallest absolute Gasteiger partial charge is 0.328 e. The Bertz CT molecular complexity index is 825. The van der Waals surface area contributed by atoms with Crippen molar-refractivity contribution >= 4 is 23.7 Å². The lowest BCUT2D eigenvalue weighted by Crippen LogP contribution is -2.23. The van der Waals surface area contributed by atoms with Crippen LogP contribution in [0.2, 0.25) is 0 Å². The number of carboxylic acid groups (broad SMARTS) is 2. The number of rotatable bonds is 9. The summed E-state index contributed by atoms with van der Waals surface area (Å²) < 4.78 is 0. The van der Waals surface area contributed by atoms with E-state index in [4.69, 9.17) is 15.9 Å². The van der Waals surface area contributed by atoms with Crippen molar-refractivity contribution in [1.82, 2.24) is 30.2 Å². The number of H-pyrrole nitrogens is 1.